The van der Waals surface area contributed by atoms with Gasteiger partial charge in [-0.25, -0.2) is 4.39 Å². The monoisotopic (exact) mass is 336 g/mol. The van der Waals surface area contributed by atoms with E-state index in [9.17, 15) is 19.1 Å². The lowest BCUT2D eigenvalue weighted by Crippen LogP contribution is -2.49. The molecule has 1 aliphatic rings. The molecule has 24 heavy (non-hydrogen) atoms. The third kappa shape index (κ3) is 4.62. The predicted octanol–water partition coefficient (Wildman–Crippen LogP) is 0.718. The fourth-order valence-corrected chi connectivity index (χ4v) is 2.33. The van der Waals surface area contributed by atoms with E-state index in [2.05, 4.69) is 5.32 Å². The van der Waals surface area contributed by atoms with Crippen molar-refractivity contribution in [2.24, 2.45) is 0 Å². The molecule has 0 unspecified atom stereocenters. The lowest BCUT2D eigenvalue weighted by molar-refractivity contribution is -0.132. The average molecular weight is 336 g/mol. The molecular formula is C17H21FN2O4. The van der Waals surface area contributed by atoms with Gasteiger partial charge in [-0.05, 0) is 24.3 Å². The molecule has 1 aliphatic heterocycles. The summed E-state index contributed by atoms with van der Waals surface area (Å²) in [5.74, 6) is -0.904. The maximum absolute atomic E-state index is 12.9. The molecular weight excluding hydrogens is 315 g/mol. The number of nitrogens with zero attached hydrogens (tertiary/aromatic N) is 1. The van der Waals surface area contributed by atoms with Gasteiger partial charge >= 0.3 is 0 Å². The zero-order chi connectivity index (χ0) is 17.7. The number of aliphatic hydroxyl groups is 1. The molecule has 0 saturated carbocycles. The molecule has 1 aromatic carbocycles. The van der Waals surface area contributed by atoms with Crippen molar-refractivity contribution < 1.29 is 23.8 Å². The summed E-state index contributed by atoms with van der Waals surface area (Å²) >= 11 is 0. The summed E-state index contributed by atoms with van der Waals surface area (Å²) in [7, 11) is 3.31. The van der Waals surface area contributed by atoms with Gasteiger partial charge in [-0.2, -0.15) is 0 Å². The minimum Gasteiger partial charge on any atom is -0.394 e. The summed E-state index contributed by atoms with van der Waals surface area (Å²) in [4.78, 5) is 25.4. The lowest BCUT2D eigenvalue weighted by atomic mass is 10.0. The Hall–Kier alpha value is -2.25. The number of amides is 2. The minimum atomic E-state index is -0.653. The number of rotatable bonds is 5. The SMILES string of the molecule is CN(C)C(=O)C[C@@H]1C=C[C@@H](NC(=O)c2ccc(F)cc2)[C@@H](CO)O1. The van der Waals surface area contributed by atoms with Crippen LogP contribution in [0.5, 0.6) is 0 Å². The third-order valence-electron chi connectivity index (χ3n) is 3.74. The summed E-state index contributed by atoms with van der Waals surface area (Å²) in [6, 6.07) is 4.64. The molecule has 7 heteroatoms. The van der Waals surface area contributed by atoms with E-state index in [4.69, 9.17) is 4.74 Å². The van der Waals surface area contributed by atoms with Gasteiger partial charge in [-0.15, -0.1) is 0 Å². The van der Waals surface area contributed by atoms with E-state index in [1.807, 2.05) is 0 Å². The number of halogens is 1. The number of ether oxygens (including phenoxy) is 1. The van der Waals surface area contributed by atoms with Crippen LogP contribution in [0.1, 0.15) is 16.8 Å². The van der Waals surface area contributed by atoms with Gasteiger partial charge in [-0.1, -0.05) is 12.2 Å². The molecule has 0 aromatic heterocycles. The van der Waals surface area contributed by atoms with Crippen LogP contribution in [0.15, 0.2) is 36.4 Å². The van der Waals surface area contributed by atoms with Crippen molar-refractivity contribution in [1.82, 2.24) is 10.2 Å². The van der Waals surface area contributed by atoms with Crippen LogP contribution in [-0.2, 0) is 9.53 Å². The average Bonchev–Trinajstić information content (AvgIpc) is 2.56. The molecule has 0 spiro atoms. The van der Waals surface area contributed by atoms with Crippen molar-refractivity contribution in [3.05, 3.63) is 47.8 Å². The first-order valence-electron chi connectivity index (χ1n) is 7.62. The first-order chi connectivity index (χ1) is 11.4. The van der Waals surface area contributed by atoms with E-state index in [1.165, 1.54) is 29.2 Å². The number of hydrogen-bond donors (Lipinski definition) is 2. The second kappa shape index (κ2) is 8.03. The largest absolute Gasteiger partial charge is 0.394 e. The Labute approximate surface area is 139 Å². The number of carbonyl (C=O) groups excluding carboxylic acids is 2. The molecule has 0 radical (unpaired) electrons. The van der Waals surface area contributed by atoms with Crippen LogP contribution in [-0.4, -0.2) is 60.8 Å². The van der Waals surface area contributed by atoms with Gasteiger partial charge in [-0.3, -0.25) is 9.59 Å². The van der Waals surface area contributed by atoms with Crippen molar-refractivity contribution in [3.8, 4) is 0 Å². The summed E-state index contributed by atoms with van der Waals surface area (Å²) in [6.45, 7) is -0.300. The fourth-order valence-electron chi connectivity index (χ4n) is 2.33. The Morgan fingerprint density at radius 1 is 1.25 bits per heavy atom. The number of nitrogens with one attached hydrogen (secondary N) is 1. The van der Waals surface area contributed by atoms with Gasteiger partial charge in [0.1, 0.15) is 11.9 Å². The van der Waals surface area contributed by atoms with Crippen LogP contribution in [0.25, 0.3) is 0 Å². The summed E-state index contributed by atoms with van der Waals surface area (Å²) in [5, 5.41) is 12.2. The Kier molecular flexibility index (Phi) is 6.05. The fraction of sp³-hybridized carbons (Fsp3) is 0.412. The Morgan fingerprint density at radius 3 is 2.50 bits per heavy atom. The van der Waals surface area contributed by atoms with E-state index in [-0.39, 0.29) is 18.9 Å². The molecule has 1 aromatic rings. The topological polar surface area (TPSA) is 78.9 Å². The Bertz CT molecular complexity index is 616. The summed E-state index contributed by atoms with van der Waals surface area (Å²) in [5.41, 5.74) is 0.311. The third-order valence-corrected chi connectivity index (χ3v) is 3.74. The highest BCUT2D eigenvalue weighted by Crippen LogP contribution is 2.17. The molecule has 2 N–H and O–H groups in total. The molecule has 0 bridgehead atoms. The zero-order valence-corrected chi connectivity index (χ0v) is 13.6. The maximum Gasteiger partial charge on any atom is 0.251 e. The Morgan fingerprint density at radius 2 is 1.92 bits per heavy atom. The highest BCUT2D eigenvalue weighted by atomic mass is 19.1. The number of aliphatic hydroxyl groups excluding tert-OH is 1. The van der Waals surface area contributed by atoms with Crippen LogP contribution in [0.4, 0.5) is 4.39 Å². The van der Waals surface area contributed by atoms with Crippen molar-refractivity contribution in [1.29, 1.82) is 0 Å². The number of hydrogen-bond acceptors (Lipinski definition) is 4. The van der Waals surface area contributed by atoms with Gasteiger partial charge in [0.15, 0.2) is 0 Å². The molecule has 3 atom stereocenters. The van der Waals surface area contributed by atoms with Crippen LogP contribution in [0.2, 0.25) is 0 Å². The highest BCUT2D eigenvalue weighted by Gasteiger charge is 2.29. The zero-order valence-electron chi connectivity index (χ0n) is 13.6. The van der Waals surface area contributed by atoms with Crippen LogP contribution in [0.3, 0.4) is 0 Å². The van der Waals surface area contributed by atoms with E-state index in [0.29, 0.717) is 5.56 Å². The Balaban J connectivity index is 2.01. The summed E-state index contributed by atoms with van der Waals surface area (Å²) < 4.78 is 18.6. The van der Waals surface area contributed by atoms with Crippen LogP contribution in [0, 0.1) is 5.82 Å². The van der Waals surface area contributed by atoms with Gasteiger partial charge < -0.3 is 20.1 Å². The first kappa shape index (κ1) is 18.1. The van der Waals surface area contributed by atoms with Gasteiger partial charge in [0.05, 0.1) is 25.2 Å². The van der Waals surface area contributed by atoms with E-state index in [0.717, 1.165) is 0 Å². The second-order valence-corrected chi connectivity index (χ2v) is 5.78. The highest BCUT2D eigenvalue weighted by molar-refractivity contribution is 5.94. The van der Waals surface area contributed by atoms with Gasteiger partial charge in [0, 0.05) is 19.7 Å². The van der Waals surface area contributed by atoms with Crippen molar-refractivity contribution in [2.45, 2.75) is 24.7 Å². The van der Waals surface area contributed by atoms with Crippen LogP contribution >= 0.6 is 0 Å². The normalized spacial score (nSPS) is 22.9. The van der Waals surface area contributed by atoms with Gasteiger partial charge in [0.2, 0.25) is 5.91 Å². The quantitative estimate of drug-likeness (QED) is 0.777. The van der Waals surface area contributed by atoms with Crippen molar-refractivity contribution in [3.63, 3.8) is 0 Å². The van der Waals surface area contributed by atoms with Gasteiger partial charge in [0.25, 0.3) is 5.91 Å². The van der Waals surface area contributed by atoms with E-state index in [1.54, 1.807) is 26.2 Å². The molecule has 130 valence electrons. The first-order valence-corrected chi connectivity index (χ1v) is 7.62. The number of carbonyl (C=O) groups is 2. The summed E-state index contributed by atoms with van der Waals surface area (Å²) in [6.07, 6.45) is 2.47. The molecule has 6 nitrogen and oxygen atoms in total. The van der Waals surface area contributed by atoms with E-state index >= 15 is 0 Å². The maximum atomic E-state index is 12.9. The second-order valence-electron chi connectivity index (χ2n) is 5.78. The smallest absolute Gasteiger partial charge is 0.251 e. The predicted molar refractivity (Wildman–Crippen MR) is 85.9 cm³/mol. The molecule has 0 aliphatic carbocycles. The van der Waals surface area contributed by atoms with Crippen LogP contribution < -0.4 is 5.32 Å². The minimum absolute atomic E-state index is 0.0878. The van der Waals surface area contributed by atoms with Crippen molar-refractivity contribution in [2.75, 3.05) is 20.7 Å². The number of benzene rings is 1. The molecule has 0 fully saturated rings. The standard InChI is InChI=1S/C17H21FN2O4/c1-20(2)16(22)9-13-7-8-14(15(10-21)24-13)19-17(23)11-3-5-12(18)6-4-11/h3-8,13-15,21H,9-10H2,1-2H3,(H,19,23)/t13-,14+,15+/m0/s1. The van der Waals surface area contributed by atoms with Crippen molar-refractivity contribution >= 4 is 11.8 Å². The molecule has 1 heterocycles. The molecule has 2 amide bonds. The molecule has 2 rings (SSSR count). The molecule has 0 saturated heterocycles. The van der Waals surface area contributed by atoms with E-state index < -0.39 is 30.0 Å². The lowest BCUT2D eigenvalue weighted by Gasteiger charge is -2.32.